The van der Waals surface area contributed by atoms with Gasteiger partial charge in [0.25, 0.3) is 5.91 Å². The topological polar surface area (TPSA) is 46.3 Å². The molecule has 0 unspecified atom stereocenters. The van der Waals surface area contributed by atoms with Crippen LogP contribution in [0.15, 0.2) is 36.4 Å². The van der Waals surface area contributed by atoms with Crippen LogP contribution in [0.3, 0.4) is 0 Å². The standard InChI is InChI=1S/C16H15ClN2O/c1-10-3-2-4-13(15(10)17)16(20)19-8-7-11-5-6-12(18)9-14(11)19/h2-6,9H,7-8,18H2,1H3. The third-order valence-electron chi connectivity index (χ3n) is 3.67. The van der Waals surface area contributed by atoms with Gasteiger partial charge in [-0.2, -0.15) is 0 Å². The van der Waals surface area contributed by atoms with E-state index in [-0.39, 0.29) is 5.91 Å². The molecule has 0 aromatic heterocycles. The van der Waals surface area contributed by atoms with Gasteiger partial charge in [-0.15, -0.1) is 0 Å². The molecule has 4 heteroatoms. The average Bonchev–Trinajstić information content (AvgIpc) is 2.84. The first-order chi connectivity index (χ1) is 9.58. The number of nitrogens with two attached hydrogens (primary N) is 1. The molecule has 0 radical (unpaired) electrons. The number of hydrogen-bond donors (Lipinski definition) is 1. The molecule has 0 spiro atoms. The number of fused-ring (bicyclic) bond motifs is 1. The van der Waals surface area contributed by atoms with E-state index in [1.165, 1.54) is 0 Å². The van der Waals surface area contributed by atoms with Gasteiger partial charge in [0, 0.05) is 17.9 Å². The van der Waals surface area contributed by atoms with Gasteiger partial charge < -0.3 is 10.6 Å². The summed E-state index contributed by atoms with van der Waals surface area (Å²) in [5.74, 6) is -0.0666. The number of halogens is 1. The zero-order chi connectivity index (χ0) is 14.3. The predicted molar refractivity (Wildman–Crippen MR) is 82.4 cm³/mol. The number of carbonyl (C=O) groups is 1. The Morgan fingerprint density at radius 1 is 1.30 bits per heavy atom. The van der Waals surface area contributed by atoms with Crippen molar-refractivity contribution in [3.8, 4) is 0 Å². The molecule has 1 heterocycles. The van der Waals surface area contributed by atoms with Crippen LogP contribution in [0.5, 0.6) is 0 Å². The van der Waals surface area contributed by atoms with E-state index in [9.17, 15) is 4.79 Å². The van der Waals surface area contributed by atoms with Gasteiger partial charge >= 0.3 is 0 Å². The third-order valence-corrected chi connectivity index (χ3v) is 4.17. The van der Waals surface area contributed by atoms with Crippen LogP contribution in [0, 0.1) is 6.92 Å². The van der Waals surface area contributed by atoms with Crippen molar-refractivity contribution in [2.24, 2.45) is 0 Å². The first-order valence-corrected chi connectivity index (χ1v) is 6.91. The van der Waals surface area contributed by atoms with Crippen LogP contribution in [0.4, 0.5) is 11.4 Å². The van der Waals surface area contributed by atoms with Crippen LogP contribution >= 0.6 is 11.6 Å². The van der Waals surface area contributed by atoms with Gasteiger partial charge in [-0.05, 0) is 42.7 Å². The van der Waals surface area contributed by atoms with Crippen molar-refractivity contribution < 1.29 is 4.79 Å². The van der Waals surface area contributed by atoms with E-state index in [1.807, 2.05) is 37.3 Å². The van der Waals surface area contributed by atoms with Crippen LogP contribution in [0.2, 0.25) is 5.02 Å². The number of nitrogen functional groups attached to an aromatic ring is 1. The summed E-state index contributed by atoms with van der Waals surface area (Å²) in [6.07, 6.45) is 0.852. The fraction of sp³-hybridized carbons (Fsp3) is 0.188. The number of benzene rings is 2. The van der Waals surface area contributed by atoms with Crippen molar-refractivity contribution >= 4 is 28.9 Å². The molecule has 0 saturated carbocycles. The summed E-state index contributed by atoms with van der Waals surface area (Å²) in [5.41, 5.74) is 9.98. The van der Waals surface area contributed by atoms with Crippen molar-refractivity contribution in [2.75, 3.05) is 17.2 Å². The monoisotopic (exact) mass is 286 g/mol. The maximum Gasteiger partial charge on any atom is 0.259 e. The quantitative estimate of drug-likeness (QED) is 0.816. The lowest BCUT2D eigenvalue weighted by Gasteiger charge is -2.19. The Morgan fingerprint density at radius 2 is 2.10 bits per heavy atom. The predicted octanol–water partition coefficient (Wildman–Crippen LogP) is 3.43. The Labute approximate surface area is 123 Å². The molecule has 0 atom stereocenters. The Hall–Kier alpha value is -2.00. The van der Waals surface area contributed by atoms with E-state index in [1.54, 1.807) is 11.0 Å². The van der Waals surface area contributed by atoms with Crippen LogP contribution in [-0.2, 0) is 6.42 Å². The summed E-state index contributed by atoms with van der Waals surface area (Å²) >= 11 is 6.25. The van der Waals surface area contributed by atoms with Gasteiger partial charge in [0.15, 0.2) is 0 Å². The smallest absolute Gasteiger partial charge is 0.259 e. The molecule has 0 bridgehead atoms. The highest BCUT2D eigenvalue weighted by molar-refractivity contribution is 6.35. The normalized spacial score (nSPS) is 13.4. The summed E-state index contributed by atoms with van der Waals surface area (Å²) in [4.78, 5) is 14.5. The van der Waals surface area contributed by atoms with Crippen molar-refractivity contribution in [1.82, 2.24) is 0 Å². The van der Waals surface area contributed by atoms with E-state index < -0.39 is 0 Å². The molecule has 0 saturated heterocycles. The fourth-order valence-electron chi connectivity index (χ4n) is 2.57. The van der Waals surface area contributed by atoms with Gasteiger partial charge in [0.1, 0.15) is 0 Å². The SMILES string of the molecule is Cc1cccc(C(=O)N2CCc3ccc(N)cc32)c1Cl. The van der Waals surface area contributed by atoms with Crippen LogP contribution in [0.25, 0.3) is 0 Å². The molecule has 2 aromatic rings. The molecular formula is C16H15ClN2O. The minimum absolute atomic E-state index is 0.0666. The largest absolute Gasteiger partial charge is 0.399 e. The molecule has 20 heavy (non-hydrogen) atoms. The summed E-state index contributed by atoms with van der Waals surface area (Å²) in [6.45, 7) is 2.57. The number of nitrogens with zero attached hydrogens (tertiary/aromatic N) is 1. The molecule has 0 aliphatic carbocycles. The Kier molecular flexibility index (Phi) is 3.14. The molecular weight excluding hydrogens is 272 g/mol. The van der Waals surface area contributed by atoms with Crippen molar-refractivity contribution in [2.45, 2.75) is 13.3 Å². The van der Waals surface area contributed by atoms with Gasteiger partial charge in [-0.1, -0.05) is 29.8 Å². The van der Waals surface area contributed by atoms with Gasteiger partial charge in [0.05, 0.1) is 10.6 Å². The zero-order valence-electron chi connectivity index (χ0n) is 11.2. The molecule has 2 N–H and O–H groups in total. The second kappa shape index (κ2) is 4.84. The van der Waals surface area contributed by atoms with Crippen molar-refractivity contribution in [3.63, 3.8) is 0 Å². The van der Waals surface area contributed by atoms with Crippen molar-refractivity contribution in [3.05, 3.63) is 58.1 Å². The first kappa shape index (κ1) is 13.0. The summed E-state index contributed by atoms with van der Waals surface area (Å²) < 4.78 is 0. The first-order valence-electron chi connectivity index (χ1n) is 6.53. The second-order valence-corrected chi connectivity index (χ2v) is 5.41. The Balaban J connectivity index is 2.02. The number of carbonyl (C=O) groups excluding carboxylic acids is 1. The van der Waals surface area contributed by atoms with Crippen LogP contribution < -0.4 is 10.6 Å². The van der Waals surface area contributed by atoms with Gasteiger partial charge in [-0.25, -0.2) is 0 Å². The summed E-state index contributed by atoms with van der Waals surface area (Å²) in [7, 11) is 0. The van der Waals surface area contributed by atoms with E-state index >= 15 is 0 Å². The molecule has 1 amide bonds. The number of amides is 1. The average molecular weight is 287 g/mol. The second-order valence-electron chi connectivity index (χ2n) is 5.03. The van der Waals surface area contributed by atoms with Gasteiger partial charge in [0.2, 0.25) is 0 Å². The molecule has 1 aliphatic rings. The lowest BCUT2D eigenvalue weighted by Crippen LogP contribution is -2.29. The van der Waals surface area contributed by atoms with E-state index in [0.717, 1.165) is 23.2 Å². The van der Waals surface area contributed by atoms with E-state index in [2.05, 4.69) is 0 Å². The molecule has 2 aromatic carbocycles. The van der Waals surface area contributed by atoms with E-state index in [4.69, 9.17) is 17.3 Å². The fourth-order valence-corrected chi connectivity index (χ4v) is 2.77. The Bertz CT molecular complexity index is 697. The summed E-state index contributed by atoms with van der Waals surface area (Å²) in [6, 6.07) is 11.2. The molecule has 1 aliphatic heterocycles. The molecule has 3 rings (SSSR count). The highest BCUT2D eigenvalue weighted by atomic mass is 35.5. The van der Waals surface area contributed by atoms with Crippen molar-refractivity contribution in [1.29, 1.82) is 0 Å². The maximum absolute atomic E-state index is 12.7. The van der Waals surface area contributed by atoms with Crippen LogP contribution in [0.1, 0.15) is 21.5 Å². The molecule has 3 nitrogen and oxygen atoms in total. The number of hydrogen-bond acceptors (Lipinski definition) is 2. The summed E-state index contributed by atoms with van der Waals surface area (Å²) in [5, 5.41) is 0.523. The van der Waals surface area contributed by atoms with Gasteiger partial charge in [-0.3, -0.25) is 4.79 Å². The lowest BCUT2D eigenvalue weighted by atomic mass is 10.1. The zero-order valence-corrected chi connectivity index (χ0v) is 11.9. The lowest BCUT2D eigenvalue weighted by molar-refractivity contribution is 0.0989. The molecule has 102 valence electrons. The Morgan fingerprint density at radius 3 is 2.90 bits per heavy atom. The van der Waals surface area contributed by atoms with E-state index in [0.29, 0.717) is 22.8 Å². The maximum atomic E-state index is 12.7. The highest BCUT2D eigenvalue weighted by Crippen LogP contribution is 2.32. The number of rotatable bonds is 1. The molecule has 0 fully saturated rings. The minimum Gasteiger partial charge on any atom is -0.399 e. The highest BCUT2D eigenvalue weighted by Gasteiger charge is 2.27. The number of aryl methyl sites for hydroxylation is 1. The minimum atomic E-state index is -0.0666. The third kappa shape index (κ3) is 2.04. The van der Waals surface area contributed by atoms with Crippen LogP contribution in [-0.4, -0.2) is 12.5 Å². The number of anilines is 2.